The van der Waals surface area contributed by atoms with Gasteiger partial charge >= 0.3 is 0 Å². The topological polar surface area (TPSA) is 35.2 Å². The van der Waals surface area contributed by atoms with Crippen molar-refractivity contribution in [2.24, 2.45) is 5.73 Å². The zero-order chi connectivity index (χ0) is 11.4. The fourth-order valence-corrected chi connectivity index (χ4v) is 2.85. The molecule has 0 saturated heterocycles. The van der Waals surface area contributed by atoms with Gasteiger partial charge in [0, 0.05) is 11.4 Å². The molecule has 2 rings (SSSR count). The summed E-state index contributed by atoms with van der Waals surface area (Å²) in [6.07, 6.45) is -0.0706. The van der Waals surface area contributed by atoms with Gasteiger partial charge in [0.25, 0.3) is 0 Å². The lowest BCUT2D eigenvalue weighted by molar-refractivity contribution is 0.218. The first kappa shape index (κ1) is 11.6. The molecule has 0 amide bonds. The van der Waals surface area contributed by atoms with E-state index in [-0.39, 0.29) is 6.10 Å². The van der Waals surface area contributed by atoms with E-state index >= 15 is 0 Å². The zero-order valence-corrected chi connectivity index (χ0v) is 11.0. The van der Waals surface area contributed by atoms with Gasteiger partial charge in [0.05, 0.1) is 3.79 Å². The number of para-hydroxylation sites is 1. The molecule has 0 bridgehead atoms. The summed E-state index contributed by atoms with van der Waals surface area (Å²) < 4.78 is 6.92. The molecule has 0 aliphatic carbocycles. The molecule has 0 radical (unpaired) electrons. The van der Waals surface area contributed by atoms with E-state index in [0.29, 0.717) is 6.54 Å². The summed E-state index contributed by atoms with van der Waals surface area (Å²) in [6, 6.07) is 13.8. The lowest BCUT2D eigenvalue weighted by atomic mass is 10.3. The van der Waals surface area contributed by atoms with Crippen molar-refractivity contribution in [3.63, 3.8) is 0 Å². The van der Waals surface area contributed by atoms with Crippen molar-refractivity contribution >= 4 is 27.3 Å². The third-order valence-corrected chi connectivity index (χ3v) is 3.86. The first-order valence-corrected chi connectivity index (χ1v) is 6.57. The number of thiophene rings is 1. The molecule has 1 aromatic heterocycles. The second-order valence-corrected chi connectivity index (χ2v) is 5.79. The second kappa shape index (κ2) is 5.48. The molecule has 4 heteroatoms. The standard InChI is InChI=1S/C12H12BrNOS/c13-12-7-6-11(16-12)10(8-14)15-9-4-2-1-3-5-9/h1-7,10H,8,14H2. The van der Waals surface area contributed by atoms with Gasteiger partial charge in [-0.15, -0.1) is 11.3 Å². The van der Waals surface area contributed by atoms with Gasteiger partial charge in [-0.3, -0.25) is 0 Å². The Hall–Kier alpha value is -0.840. The minimum absolute atomic E-state index is 0.0706. The Balaban J connectivity index is 2.12. The van der Waals surface area contributed by atoms with Crippen LogP contribution in [0.1, 0.15) is 11.0 Å². The van der Waals surface area contributed by atoms with E-state index in [9.17, 15) is 0 Å². The number of ether oxygens (including phenoxy) is 1. The SMILES string of the molecule is NCC(Oc1ccccc1)c1ccc(Br)s1. The molecule has 2 nitrogen and oxygen atoms in total. The van der Waals surface area contributed by atoms with E-state index in [1.54, 1.807) is 11.3 Å². The molecule has 1 heterocycles. The Bertz CT molecular complexity index is 443. The summed E-state index contributed by atoms with van der Waals surface area (Å²) in [7, 11) is 0. The lowest BCUT2D eigenvalue weighted by Gasteiger charge is -2.15. The quantitative estimate of drug-likeness (QED) is 0.936. The van der Waals surface area contributed by atoms with Gasteiger partial charge in [-0.05, 0) is 40.2 Å². The van der Waals surface area contributed by atoms with Crippen LogP contribution in [-0.4, -0.2) is 6.54 Å². The van der Waals surface area contributed by atoms with Crippen LogP contribution in [0.2, 0.25) is 0 Å². The van der Waals surface area contributed by atoms with Crippen molar-refractivity contribution < 1.29 is 4.74 Å². The van der Waals surface area contributed by atoms with Gasteiger partial charge in [0.1, 0.15) is 11.9 Å². The molecule has 16 heavy (non-hydrogen) atoms. The summed E-state index contributed by atoms with van der Waals surface area (Å²) in [5.74, 6) is 0.850. The lowest BCUT2D eigenvalue weighted by Crippen LogP contribution is -2.17. The van der Waals surface area contributed by atoms with Gasteiger partial charge in [-0.1, -0.05) is 18.2 Å². The molecular weight excluding hydrogens is 286 g/mol. The maximum atomic E-state index is 5.83. The van der Waals surface area contributed by atoms with E-state index < -0.39 is 0 Å². The summed E-state index contributed by atoms with van der Waals surface area (Å²) in [5.41, 5.74) is 5.73. The third-order valence-electron chi connectivity index (χ3n) is 2.15. The zero-order valence-electron chi connectivity index (χ0n) is 8.60. The van der Waals surface area contributed by atoms with E-state index in [4.69, 9.17) is 10.5 Å². The molecule has 1 aromatic carbocycles. The Morgan fingerprint density at radius 3 is 2.50 bits per heavy atom. The fourth-order valence-electron chi connectivity index (χ4n) is 1.39. The Kier molecular flexibility index (Phi) is 3.98. The Morgan fingerprint density at radius 1 is 1.19 bits per heavy atom. The van der Waals surface area contributed by atoms with Crippen molar-refractivity contribution in [2.75, 3.05) is 6.54 Å². The van der Waals surface area contributed by atoms with Crippen molar-refractivity contribution in [3.05, 3.63) is 51.1 Å². The minimum atomic E-state index is -0.0706. The summed E-state index contributed by atoms with van der Waals surface area (Å²) >= 11 is 5.09. The number of rotatable bonds is 4. The maximum Gasteiger partial charge on any atom is 0.145 e. The molecule has 1 atom stereocenters. The third kappa shape index (κ3) is 2.84. The molecule has 0 aliphatic heterocycles. The molecule has 0 spiro atoms. The van der Waals surface area contributed by atoms with Crippen LogP contribution in [0.25, 0.3) is 0 Å². The predicted octanol–water partition coefficient (Wildman–Crippen LogP) is 3.59. The van der Waals surface area contributed by atoms with E-state index in [1.165, 1.54) is 0 Å². The highest BCUT2D eigenvalue weighted by Gasteiger charge is 2.13. The first-order chi connectivity index (χ1) is 7.79. The number of nitrogens with two attached hydrogens (primary N) is 1. The van der Waals surface area contributed by atoms with Crippen LogP contribution >= 0.6 is 27.3 Å². The number of benzene rings is 1. The van der Waals surface area contributed by atoms with Crippen LogP contribution in [0.4, 0.5) is 0 Å². The van der Waals surface area contributed by atoms with E-state index in [2.05, 4.69) is 15.9 Å². The van der Waals surface area contributed by atoms with Gasteiger partial charge in [0.15, 0.2) is 0 Å². The highest BCUT2D eigenvalue weighted by molar-refractivity contribution is 9.11. The smallest absolute Gasteiger partial charge is 0.145 e. The van der Waals surface area contributed by atoms with E-state index in [1.807, 2.05) is 42.5 Å². The van der Waals surface area contributed by atoms with E-state index in [0.717, 1.165) is 14.4 Å². The fraction of sp³-hybridized carbons (Fsp3) is 0.167. The first-order valence-electron chi connectivity index (χ1n) is 4.96. The van der Waals surface area contributed by atoms with Gasteiger partial charge in [-0.2, -0.15) is 0 Å². The number of hydrogen-bond acceptors (Lipinski definition) is 3. The highest BCUT2D eigenvalue weighted by atomic mass is 79.9. The summed E-state index contributed by atoms with van der Waals surface area (Å²) in [6.45, 7) is 0.474. The molecule has 0 fully saturated rings. The molecule has 2 N–H and O–H groups in total. The molecule has 0 aliphatic rings. The highest BCUT2D eigenvalue weighted by Crippen LogP contribution is 2.29. The van der Waals surface area contributed by atoms with Crippen LogP contribution < -0.4 is 10.5 Å². The van der Waals surface area contributed by atoms with Crippen LogP contribution in [0.5, 0.6) is 5.75 Å². The summed E-state index contributed by atoms with van der Waals surface area (Å²) in [4.78, 5) is 1.14. The maximum absolute atomic E-state index is 5.83. The Labute approximate surface area is 107 Å². The van der Waals surface area contributed by atoms with Crippen LogP contribution in [-0.2, 0) is 0 Å². The molecule has 2 aromatic rings. The average molecular weight is 298 g/mol. The van der Waals surface area contributed by atoms with Gasteiger partial charge < -0.3 is 10.5 Å². The normalized spacial score (nSPS) is 12.4. The minimum Gasteiger partial charge on any atom is -0.484 e. The second-order valence-electron chi connectivity index (χ2n) is 3.30. The van der Waals surface area contributed by atoms with Crippen molar-refractivity contribution in [3.8, 4) is 5.75 Å². The number of hydrogen-bond donors (Lipinski definition) is 1. The van der Waals surface area contributed by atoms with Crippen LogP contribution in [0.3, 0.4) is 0 Å². The van der Waals surface area contributed by atoms with Gasteiger partial charge in [-0.25, -0.2) is 0 Å². The summed E-state index contributed by atoms with van der Waals surface area (Å²) in [5, 5.41) is 0. The van der Waals surface area contributed by atoms with Crippen LogP contribution in [0, 0.1) is 0 Å². The predicted molar refractivity (Wildman–Crippen MR) is 70.9 cm³/mol. The van der Waals surface area contributed by atoms with Crippen molar-refractivity contribution in [1.82, 2.24) is 0 Å². The average Bonchev–Trinajstić information content (AvgIpc) is 2.74. The van der Waals surface area contributed by atoms with Crippen molar-refractivity contribution in [2.45, 2.75) is 6.10 Å². The molecular formula is C12H12BrNOS. The molecule has 1 unspecified atom stereocenters. The number of halogens is 1. The van der Waals surface area contributed by atoms with Crippen molar-refractivity contribution in [1.29, 1.82) is 0 Å². The molecule has 0 saturated carbocycles. The largest absolute Gasteiger partial charge is 0.484 e. The Morgan fingerprint density at radius 2 is 1.94 bits per heavy atom. The van der Waals surface area contributed by atoms with Gasteiger partial charge in [0.2, 0.25) is 0 Å². The molecule has 84 valence electrons. The monoisotopic (exact) mass is 297 g/mol. The van der Waals surface area contributed by atoms with Crippen LogP contribution in [0.15, 0.2) is 46.3 Å².